The predicted molar refractivity (Wildman–Crippen MR) is 83.8 cm³/mol. The summed E-state index contributed by atoms with van der Waals surface area (Å²) in [6.07, 6.45) is 22.9. The Hall–Kier alpha value is 0.740. The van der Waals surface area contributed by atoms with E-state index in [2.05, 4.69) is 6.92 Å². The van der Waals surface area contributed by atoms with Crippen molar-refractivity contribution in [3.63, 3.8) is 0 Å². The van der Waals surface area contributed by atoms with Gasteiger partial charge in [-0.3, -0.25) is 6.08 Å². The van der Waals surface area contributed by atoms with Crippen LogP contribution in [0.15, 0.2) is 6.08 Å². The average Bonchev–Trinajstić information content (AvgIpc) is 2.39. The van der Waals surface area contributed by atoms with Gasteiger partial charge in [0.25, 0.3) is 0 Å². The Kier molecular flexibility index (Phi) is 24.4. The molecule has 0 rings (SSSR count). The third-order valence-corrected chi connectivity index (χ3v) is 3.72. The quantitative estimate of drug-likeness (QED) is 0.242. The summed E-state index contributed by atoms with van der Waals surface area (Å²) in [5.74, 6) is 0. The molecule has 0 aliphatic rings. The van der Waals surface area contributed by atoms with Crippen molar-refractivity contribution in [1.82, 2.24) is 0 Å². The Balaban J connectivity index is 0. The van der Waals surface area contributed by atoms with Crippen molar-refractivity contribution in [1.29, 1.82) is 0 Å². The minimum Gasteiger partial charge on any atom is -0.518 e. The van der Waals surface area contributed by atoms with E-state index in [1.165, 1.54) is 89.9 Å². The molecule has 0 amide bonds. The summed E-state index contributed by atoms with van der Waals surface area (Å²) >= 11 is 0. The first-order chi connectivity index (χ1) is 8.91. The van der Waals surface area contributed by atoms with E-state index in [0.717, 1.165) is 6.42 Å². The van der Waals surface area contributed by atoms with Crippen molar-refractivity contribution in [3.05, 3.63) is 12.7 Å². The number of unbranched alkanes of at least 4 members (excludes halogenated alkanes) is 14. The van der Waals surface area contributed by atoms with Crippen LogP contribution in [0.1, 0.15) is 103 Å². The molecule has 0 aliphatic heterocycles. The first kappa shape index (κ1) is 22.0. The third-order valence-electron chi connectivity index (χ3n) is 3.72. The van der Waals surface area contributed by atoms with E-state index in [1.807, 2.05) is 0 Å². The molecule has 0 fully saturated rings. The van der Waals surface area contributed by atoms with Crippen LogP contribution in [0.5, 0.6) is 0 Å². The fraction of sp³-hybridized carbons (Fsp3) is 0.889. The third kappa shape index (κ3) is 21.2. The van der Waals surface area contributed by atoms with E-state index in [0.29, 0.717) is 0 Å². The molecule has 108 valence electrons. The number of hydrogen-bond donors (Lipinski definition) is 0. The maximum Gasteiger partial charge on any atom is 1.00 e. The predicted octanol–water partition coefficient (Wildman–Crippen LogP) is 3.85. The summed E-state index contributed by atoms with van der Waals surface area (Å²) < 4.78 is 0. The zero-order valence-electron chi connectivity index (χ0n) is 13.8. The largest absolute Gasteiger partial charge is 1.00 e. The first-order valence-corrected chi connectivity index (χ1v) is 8.45. The van der Waals surface area contributed by atoms with Gasteiger partial charge in [-0.25, -0.2) is 0 Å². The number of rotatable bonds is 15. The van der Waals surface area contributed by atoms with Gasteiger partial charge in [-0.1, -0.05) is 103 Å². The Labute approximate surface area is 145 Å². The molecule has 0 aromatic heterocycles. The molecule has 0 atom stereocenters. The van der Waals surface area contributed by atoms with Gasteiger partial charge in [0, 0.05) is 0 Å². The van der Waals surface area contributed by atoms with Crippen molar-refractivity contribution in [2.75, 3.05) is 0 Å². The second-order valence-corrected chi connectivity index (χ2v) is 5.62. The number of hydrogen-bond acceptors (Lipinski definition) is 0. The molecule has 0 N–H and O–H groups in total. The minimum absolute atomic E-state index is 0. The maximum absolute atomic E-state index is 5.35. The maximum atomic E-state index is 5.35. The SMILES string of the molecule is [CH-]=CCCCCCCCCCCCCCCCC.[Na+]. The molecule has 0 spiro atoms. The second kappa shape index (κ2) is 21.0. The first-order valence-electron chi connectivity index (χ1n) is 8.45. The normalized spacial score (nSPS) is 10.2. The molecule has 19 heavy (non-hydrogen) atoms. The summed E-state index contributed by atoms with van der Waals surface area (Å²) in [7, 11) is 0. The van der Waals surface area contributed by atoms with Crippen molar-refractivity contribution in [2.24, 2.45) is 0 Å². The average molecular weight is 274 g/mol. The number of allylic oxidation sites excluding steroid dienone is 1. The standard InChI is InChI=1S/C18H35.Na/c1-3-5-7-9-11-13-15-17-18-16-14-12-10-8-6-4-2;/h1,3H,4-18H2,2H3;/q-1;+1. The van der Waals surface area contributed by atoms with Crippen LogP contribution in [-0.2, 0) is 0 Å². The second-order valence-electron chi connectivity index (χ2n) is 5.62. The summed E-state index contributed by atoms with van der Waals surface area (Å²) in [4.78, 5) is 0. The molecule has 0 aromatic carbocycles. The monoisotopic (exact) mass is 274 g/mol. The van der Waals surface area contributed by atoms with Gasteiger partial charge in [-0.2, -0.15) is 0 Å². The van der Waals surface area contributed by atoms with Gasteiger partial charge in [-0.05, 0) is 0 Å². The zero-order chi connectivity index (χ0) is 13.3. The van der Waals surface area contributed by atoms with Gasteiger partial charge in [0.1, 0.15) is 0 Å². The van der Waals surface area contributed by atoms with Gasteiger partial charge in [0.15, 0.2) is 0 Å². The summed E-state index contributed by atoms with van der Waals surface area (Å²) in [6, 6.07) is 0. The molecule has 1 heteroatoms. The van der Waals surface area contributed by atoms with Crippen LogP contribution in [0.25, 0.3) is 0 Å². The molecule has 0 nitrogen and oxygen atoms in total. The van der Waals surface area contributed by atoms with Crippen LogP contribution in [0.4, 0.5) is 0 Å². The molecule has 0 unspecified atom stereocenters. The van der Waals surface area contributed by atoms with E-state index in [9.17, 15) is 0 Å². The van der Waals surface area contributed by atoms with Crippen LogP contribution < -0.4 is 29.6 Å². The smallest absolute Gasteiger partial charge is 0.518 e. The van der Waals surface area contributed by atoms with E-state index in [4.69, 9.17) is 6.58 Å². The van der Waals surface area contributed by atoms with E-state index >= 15 is 0 Å². The molecule has 0 aliphatic carbocycles. The molecule has 0 radical (unpaired) electrons. The Morgan fingerprint density at radius 1 is 0.579 bits per heavy atom. The van der Waals surface area contributed by atoms with Crippen LogP contribution in [0, 0.1) is 6.58 Å². The van der Waals surface area contributed by atoms with Gasteiger partial charge in [-0.15, -0.1) is 0 Å². The van der Waals surface area contributed by atoms with E-state index in [-0.39, 0.29) is 29.6 Å². The molecule has 0 bridgehead atoms. The fourth-order valence-corrected chi connectivity index (χ4v) is 2.46. The summed E-state index contributed by atoms with van der Waals surface area (Å²) in [6.45, 7) is 7.64. The Bertz CT molecular complexity index is 154. The Morgan fingerprint density at radius 3 is 1.21 bits per heavy atom. The van der Waals surface area contributed by atoms with Crippen LogP contribution in [0.2, 0.25) is 0 Å². The zero-order valence-corrected chi connectivity index (χ0v) is 15.8. The fourth-order valence-electron chi connectivity index (χ4n) is 2.46. The molecular weight excluding hydrogens is 239 g/mol. The van der Waals surface area contributed by atoms with Gasteiger partial charge >= 0.3 is 29.6 Å². The molecule has 0 aromatic rings. The van der Waals surface area contributed by atoms with Gasteiger partial charge < -0.3 is 6.58 Å². The van der Waals surface area contributed by atoms with Crippen LogP contribution in [-0.4, -0.2) is 0 Å². The topological polar surface area (TPSA) is 0 Å². The minimum atomic E-state index is 0. The molecule has 0 heterocycles. The van der Waals surface area contributed by atoms with Gasteiger partial charge in [0.05, 0.1) is 0 Å². The van der Waals surface area contributed by atoms with Gasteiger partial charge in [0.2, 0.25) is 0 Å². The van der Waals surface area contributed by atoms with Crippen molar-refractivity contribution < 1.29 is 29.6 Å². The van der Waals surface area contributed by atoms with Crippen molar-refractivity contribution >= 4 is 0 Å². The molecular formula is C18H35Na. The molecule has 0 saturated carbocycles. The van der Waals surface area contributed by atoms with Crippen LogP contribution >= 0.6 is 0 Å². The van der Waals surface area contributed by atoms with E-state index < -0.39 is 0 Å². The van der Waals surface area contributed by atoms with Crippen molar-refractivity contribution in [2.45, 2.75) is 103 Å². The van der Waals surface area contributed by atoms with E-state index in [1.54, 1.807) is 6.08 Å². The van der Waals surface area contributed by atoms with Crippen LogP contribution in [0.3, 0.4) is 0 Å². The van der Waals surface area contributed by atoms with Crippen molar-refractivity contribution in [3.8, 4) is 0 Å². The summed E-state index contributed by atoms with van der Waals surface area (Å²) in [5, 5.41) is 0. The summed E-state index contributed by atoms with van der Waals surface area (Å²) in [5.41, 5.74) is 0. The molecule has 0 saturated heterocycles. The Morgan fingerprint density at radius 2 is 0.895 bits per heavy atom.